The summed E-state index contributed by atoms with van der Waals surface area (Å²) in [7, 11) is 0. The van der Waals surface area contributed by atoms with E-state index in [-0.39, 0.29) is 11.8 Å². The maximum atomic E-state index is 12.5. The first-order valence-corrected chi connectivity index (χ1v) is 17.5. The molecule has 0 radical (unpaired) electrons. The normalized spacial score (nSPS) is 23.6. The zero-order chi connectivity index (χ0) is 32.0. The molecule has 3 saturated heterocycles. The molecule has 10 heteroatoms. The highest BCUT2D eigenvalue weighted by atomic mass is 16.6. The first-order valence-electron chi connectivity index (χ1n) is 17.5. The molecule has 1 atom stereocenters. The van der Waals surface area contributed by atoms with Crippen molar-refractivity contribution in [1.29, 1.82) is 0 Å². The number of ether oxygens (including phenoxy) is 1. The number of carbonyl (C=O) groups is 1. The molecule has 3 fully saturated rings. The van der Waals surface area contributed by atoms with Gasteiger partial charge in [-0.05, 0) is 116 Å². The van der Waals surface area contributed by atoms with E-state index in [4.69, 9.17) is 4.74 Å². The summed E-state index contributed by atoms with van der Waals surface area (Å²) < 4.78 is 5.59. The zero-order valence-electron chi connectivity index (χ0n) is 28.0. The standard InChI is InChI=1S/C36H51N7O3/c1-24-33-29-23-31(28-7-5-6-8-32(28)44)38-39-34(29)37-30(33)15-22-43(24)27-13-18-41(19-14-27)25-9-16-40(17-10-25)26-11-20-42(21-12-26)35(45)46-36(2,3)4/h5-8,23-27,44H,9-22H2,1-4H3,(H,37,39)/t24-/m1/s1. The number of amides is 1. The Morgan fingerprint density at radius 2 is 1.48 bits per heavy atom. The summed E-state index contributed by atoms with van der Waals surface area (Å²) in [5.74, 6) is 0.230. The van der Waals surface area contributed by atoms with E-state index in [2.05, 4.69) is 42.9 Å². The number of hydrogen-bond donors (Lipinski definition) is 2. The monoisotopic (exact) mass is 629 g/mol. The van der Waals surface area contributed by atoms with E-state index in [9.17, 15) is 9.90 Å². The topological polar surface area (TPSA) is 101 Å². The summed E-state index contributed by atoms with van der Waals surface area (Å²) in [5, 5.41) is 20.5. The van der Waals surface area contributed by atoms with E-state index in [0.29, 0.717) is 35.4 Å². The van der Waals surface area contributed by atoms with Crippen LogP contribution in [0.4, 0.5) is 4.79 Å². The van der Waals surface area contributed by atoms with Crippen LogP contribution in [0.5, 0.6) is 5.75 Å². The van der Waals surface area contributed by atoms with E-state index in [1.807, 2.05) is 43.9 Å². The van der Waals surface area contributed by atoms with Gasteiger partial charge >= 0.3 is 6.09 Å². The predicted octanol–water partition coefficient (Wildman–Crippen LogP) is 5.58. The average Bonchev–Trinajstić information content (AvgIpc) is 3.43. The lowest BCUT2D eigenvalue weighted by Gasteiger charge is -2.47. The Bertz CT molecular complexity index is 1530. The number of H-pyrrole nitrogens is 1. The summed E-state index contributed by atoms with van der Waals surface area (Å²) in [6.07, 6.45) is 7.85. The molecule has 4 aliphatic rings. The van der Waals surface area contributed by atoms with Crippen LogP contribution in [0.25, 0.3) is 22.3 Å². The van der Waals surface area contributed by atoms with Crippen LogP contribution in [0.1, 0.15) is 83.5 Å². The van der Waals surface area contributed by atoms with Gasteiger partial charge in [-0.25, -0.2) is 4.79 Å². The van der Waals surface area contributed by atoms with E-state index in [1.54, 1.807) is 6.07 Å². The van der Waals surface area contributed by atoms with Gasteiger partial charge < -0.3 is 29.5 Å². The van der Waals surface area contributed by atoms with Gasteiger partial charge in [0.15, 0.2) is 5.65 Å². The number of phenols is 1. The van der Waals surface area contributed by atoms with Gasteiger partial charge in [0, 0.05) is 66.9 Å². The van der Waals surface area contributed by atoms with Crippen LogP contribution in [-0.2, 0) is 11.2 Å². The summed E-state index contributed by atoms with van der Waals surface area (Å²) in [4.78, 5) is 26.1. The van der Waals surface area contributed by atoms with Crippen molar-refractivity contribution in [2.45, 2.75) is 102 Å². The van der Waals surface area contributed by atoms with Gasteiger partial charge in [-0.3, -0.25) is 4.90 Å². The Labute approximate surface area is 273 Å². The highest BCUT2D eigenvalue weighted by Crippen LogP contribution is 2.39. The molecule has 1 amide bonds. The van der Waals surface area contributed by atoms with Gasteiger partial charge in [0.2, 0.25) is 0 Å². The number of aromatic nitrogens is 3. The Morgan fingerprint density at radius 3 is 2.11 bits per heavy atom. The number of nitrogens with one attached hydrogen (secondary N) is 1. The van der Waals surface area contributed by atoms with Crippen molar-refractivity contribution in [2.24, 2.45) is 0 Å². The Hall–Kier alpha value is -3.21. The summed E-state index contributed by atoms with van der Waals surface area (Å²) in [6, 6.07) is 11.6. The fraction of sp³-hybridized carbons (Fsp3) is 0.639. The number of likely N-dealkylation sites (tertiary alicyclic amines) is 3. The molecule has 0 bridgehead atoms. The fourth-order valence-corrected chi connectivity index (χ4v) is 8.60. The van der Waals surface area contributed by atoms with E-state index in [1.165, 1.54) is 63.1 Å². The van der Waals surface area contributed by atoms with Crippen molar-refractivity contribution in [3.8, 4) is 17.0 Å². The molecule has 4 aliphatic heterocycles. The van der Waals surface area contributed by atoms with Crippen LogP contribution in [-0.4, -0.2) is 116 Å². The lowest BCUT2D eigenvalue weighted by Crippen LogP contribution is -2.54. The molecule has 0 saturated carbocycles. The number of carbonyl (C=O) groups excluding carboxylic acids is 1. The highest BCUT2D eigenvalue weighted by Gasteiger charge is 2.37. The summed E-state index contributed by atoms with van der Waals surface area (Å²) in [6.45, 7) is 15.5. The first-order chi connectivity index (χ1) is 22.1. The molecule has 0 aliphatic carbocycles. The molecule has 10 nitrogen and oxygen atoms in total. The van der Waals surface area contributed by atoms with Gasteiger partial charge in [-0.1, -0.05) is 12.1 Å². The second-order valence-corrected chi connectivity index (χ2v) is 14.9. The molecular weight excluding hydrogens is 578 g/mol. The number of phenolic OH excluding ortho intramolecular Hbond substituents is 1. The van der Waals surface area contributed by atoms with Crippen molar-refractivity contribution in [2.75, 3.05) is 45.8 Å². The molecule has 46 heavy (non-hydrogen) atoms. The number of piperidine rings is 3. The minimum atomic E-state index is -0.438. The second kappa shape index (κ2) is 12.8. The predicted molar refractivity (Wildman–Crippen MR) is 180 cm³/mol. The van der Waals surface area contributed by atoms with Crippen molar-refractivity contribution in [1.82, 2.24) is 34.8 Å². The molecule has 248 valence electrons. The maximum Gasteiger partial charge on any atom is 0.410 e. The van der Waals surface area contributed by atoms with Crippen molar-refractivity contribution >= 4 is 17.1 Å². The van der Waals surface area contributed by atoms with E-state index < -0.39 is 5.60 Å². The number of aromatic hydroxyl groups is 1. The van der Waals surface area contributed by atoms with Gasteiger partial charge in [0.25, 0.3) is 0 Å². The highest BCUT2D eigenvalue weighted by molar-refractivity contribution is 5.86. The zero-order valence-corrected chi connectivity index (χ0v) is 28.0. The van der Waals surface area contributed by atoms with Crippen LogP contribution in [0.2, 0.25) is 0 Å². The van der Waals surface area contributed by atoms with E-state index in [0.717, 1.165) is 49.9 Å². The summed E-state index contributed by atoms with van der Waals surface area (Å²) >= 11 is 0. The third kappa shape index (κ3) is 6.36. The molecule has 0 unspecified atom stereocenters. The number of nitrogens with zero attached hydrogens (tertiary/aromatic N) is 6. The Balaban J connectivity index is 0.917. The SMILES string of the molecule is C[C@@H]1c2c([nH]c3nnc(-c4ccccc4O)cc23)CCN1C1CCN(C2CCN(C3CCN(C(=O)OC(C)(C)C)CC3)CC2)CC1. The molecule has 6 heterocycles. The minimum Gasteiger partial charge on any atom is -0.507 e. The average molecular weight is 630 g/mol. The van der Waals surface area contributed by atoms with Crippen molar-refractivity contribution < 1.29 is 14.6 Å². The van der Waals surface area contributed by atoms with Crippen LogP contribution in [0.15, 0.2) is 30.3 Å². The van der Waals surface area contributed by atoms with Crippen molar-refractivity contribution in [3.05, 3.63) is 41.6 Å². The number of hydrogen-bond acceptors (Lipinski definition) is 8. The molecule has 2 aromatic heterocycles. The van der Waals surface area contributed by atoms with Crippen LogP contribution in [0, 0.1) is 0 Å². The largest absolute Gasteiger partial charge is 0.507 e. The van der Waals surface area contributed by atoms with Gasteiger partial charge in [-0.15, -0.1) is 10.2 Å². The maximum absolute atomic E-state index is 12.5. The molecule has 7 rings (SSSR count). The Kier molecular flexibility index (Phi) is 8.71. The number of aromatic amines is 1. The second-order valence-electron chi connectivity index (χ2n) is 14.9. The summed E-state index contributed by atoms with van der Waals surface area (Å²) in [5.41, 5.74) is 4.46. The molecule has 2 N–H and O–H groups in total. The van der Waals surface area contributed by atoms with Crippen LogP contribution < -0.4 is 0 Å². The lowest BCUT2D eigenvalue weighted by atomic mass is 9.91. The van der Waals surface area contributed by atoms with Crippen LogP contribution in [0.3, 0.4) is 0 Å². The number of para-hydroxylation sites is 1. The van der Waals surface area contributed by atoms with Gasteiger partial charge in [0.05, 0.1) is 5.69 Å². The third-order valence-corrected chi connectivity index (χ3v) is 11.0. The van der Waals surface area contributed by atoms with Gasteiger partial charge in [-0.2, -0.15) is 0 Å². The first kappa shape index (κ1) is 31.4. The lowest BCUT2D eigenvalue weighted by molar-refractivity contribution is 0.00611. The number of rotatable bonds is 4. The molecule has 1 aromatic carbocycles. The van der Waals surface area contributed by atoms with Crippen LogP contribution >= 0.6 is 0 Å². The fourth-order valence-electron chi connectivity index (χ4n) is 8.60. The minimum absolute atomic E-state index is 0.165. The van der Waals surface area contributed by atoms with Crippen molar-refractivity contribution in [3.63, 3.8) is 0 Å². The van der Waals surface area contributed by atoms with E-state index >= 15 is 0 Å². The Morgan fingerprint density at radius 1 is 0.870 bits per heavy atom. The quantitative estimate of drug-likeness (QED) is 0.386. The molecule has 0 spiro atoms. The smallest absolute Gasteiger partial charge is 0.410 e. The third-order valence-electron chi connectivity index (χ3n) is 11.0. The molecule has 3 aromatic rings. The number of benzene rings is 1. The number of fused-ring (bicyclic) bond motifs is 3. The van der Waals surface area contributed by atoms with Gasteiger partial charge in [0.1, 0.15) is 11.4 Å². The molecular formula is C36H51N7O3.